The summed E-state index contributed by atoms with van der Waals surface area (Å²) in [6.07, 6.45) is 1.33. The number of hydrogen-bond donors (Lipinski definition) is 3. The summed E-state index contributed by atoms with van der Waals surface area (Å²) in [5.41, 5.74) is 12.4. The molecule has 1 aliphatic heterocycles. The van der Waals surface area contributed by atoms with Crippen molar-refractivity contribution in [2.75, 3.05) is 13.1 Å². The van der Waals surface area contributed by atoms with Crippen molar-refractivity contribution in [3.05, 3.63) is 24.0 Å². The van der Waals surface area contributed by atoms with Gasteiger partial charge in [0.05, 0.1) is 11.6 Å². The largest absolute Gasteiger partial charge is 0.410 e. The van der Waals surface area contributed by atoms with E-state index in [0.717, 1.165) is 30.7 Å². The number of aromatic nitrogens is 2. The second-order valence-electron chi connectivity index (χ2n) is 5.10. The van der Waals surface area contributed by atoms with Crippen LogP contribution in [0, 0.1) is 0 Å². The minimum absolute atomic E-state index is 0.213. The number of nitrogens with zero attached hydrogens (tertiary/aromatic N) is 2. The van der Waals surface area contributed by atoms with Crippen LogP contribution in [0.25, 0.3) is 11.0 Å². The highest BCUT2D eigenvalue weighted by atomic mass is 16.5. The molecule has 5 N–H and O–H groups in total. The number of fused-ring (bicyclic) bond motifs is 1. The number of carbonyl (C=O) groups is 1. The zero-order valence-corrected chi connectivity index (χ0v) is 11.7. The van der Waals surface area contributed by atoms with E-state index < -0.39 is 6.09 Å². The number of ether oxygens (including phenoxy) is 1. The fourth-order valence-corrected chi connectivity index (χ4v) is 2.87. The van der Waals surface area contributed by atoms with Crippen LogP contribution in [0.2, 0.25) is 0 Å². The molecule has 112 valence electrons. The van der Waals surface area contributed by atoms with Crippen molar-refractivity contribution in [2.45, 2.75) is 25.4 Å². The van der Waals surface area contributed by atoms with Gasteiger partial charge >= 0.3 is 6.09 Å². The molecule has 0 bridgehead atoms. The molecule has 2 aromatic rings. The molecule has 1 atom stereocenters. The molecule has 7 nitrogen and oxygen atoms in total. The molecular weight excluding hydrogens is 270 g/mol. The Balaban J connectivity index is 2.13. The van der Waals surface area contributed by atoms with Crippen LogP contribution < -0.4 is 21.5 Å². The molecule has 7 heteroatoms. The van der Waals surface area contributed by atoms with Crippen LogP contribution in [0.4, 0.5) is 4.79 Å². The van der Waals surface area contributed by atoms with E-state index in [-0.39, 0.29) is 6.04 Å². The van der Waals surface area contributed by atoms with Crippen LogP contribution in [0.15, 0.2) is 18.2 Å². The smallest absolute Gasteiger partial charge is 0.408 e. The van der Waals surface area contributed by atoms with Crippen LogP contribution >= 0.6 is 0 Å². The summed E-state index contributed by atoms with van der Waals surface area (Å²) in [5.74, 6) is 1.32. The van der Waals surface area contributed by atoms with Crippen LogP contribution in [-0.2, 0) is 6.54 Å². The normalized spacial score (nSPS) is 18.2. The van der Waals surface area contributed by atoms with Crippen molar-refractivity contribution in [1.29, 1.82) is 0 Å². The molecule has 21 heavy (non-hydrogen) atoms. The lowest BCUT2D eigenvalue weighted by atomic mass is 10.2. The van der Waals surface area contributed by atoms with Crippen LogP contribution in [-0.4, -0.2) is 28.7 Å². The molecule has 1 unspecified atom stereocenters. The number of nitrogens with one attached hydrogen (secondary N) is 1. The van der Waals surface area contributed by atoms with E-state index in [1.807, 2.05) is 12.1 Å². The molecule has 0 saturated carbocycles. The highest BCUT2D eigenvalue weighted by molar-refractivity contribution is 5.85. The Morgan fingerprint density at radius 1 is 1.52 bits per heavy atom. The summed E-state index contributed by atoms with van der Waals surface area (Å²) >= 11 is 0. The van der Waals surface area contributed by atoms with Gasteiger partial charge in [-0.15, -0.1) is 0 Å². The van der Waals surface area contributed by atoms with Crippen molar-refractivity contribution < 1.29 is 9.53 Å². The third kappa shape index (κ3) is 2.57. The Hall–Kier alpha value is -2.12. The Morgan fingerprint density at radius 2 is 2.38 bits per heavy atom. The average Bonchev–Trinajstić information content (AvgIpc) is 3.07. The summed E-state index contributed by atoms with van der Waals surface area (Å²) in [7, 11) is 0. The zero-order valence-electron chi connectivity index (χ0n) is 11.7. The first-order chi connectivity index (χ1) is 10.2. The van der Waals surface area contributed by atoms with Gasteiger partial charge in [-0.25, -0.2) is 9.78 Å². The van der Waals surface area contributed by atoms with Gasteiger partial charge in [0.15, 0.2) is 5.75 Å². The SMILES string of the molecule is NCCn1c(C2CCCN2)nc2c(OC(N)=O)cccc21. The van der Waals surface area contributed by atoms with E-state index in [1.165, 1.54) is 0 Å². The van der Waals surface area contributed by atoms with Crippen molar-refractivity contribution in [3.8, 4) is 5.75 Å². The highest BCUT2D eigenvalue weighted by Crippen LogP contribution is 2.31. The lowest BCUT2D eigenvalue weighted by Gasteiger charge is -2.13. The molecule has 2 heterocycles. The van der Waals surface area contributed by atoms with Gasteiger partial charge in [0, 0.05) is 13.1 Å². The summed E-state index contributed by atoms with van der Waals surface area (Å²) in [4.78, 5) is 15.7. The fourth-order valence-electron chi connectivity index (χ4n) is 2.87. The topological polar surface area (TPSA) is 108 Å². The van der Waals surface area contributed by atoms with Gasteiger partial charge in [0.2, 0.25) is 0 Å². The maximum absolute atomic E-state index is 11.0. The molecule has 0 spiro atoms. The summed E-state index contributed by atoms with van der Waals surface area (Å²) in [6, 6.07) is 5.68. The number of nitrogens with two attached hydrogens (primary N) is 2. The minimum atomic E-state index is -0.837. The number of benzene rings is 1. The van der Waals surface area contributed by atoms with E-state index in [1.54, 1.807) is 6.07 Å². The van der Waals surface area contributed by atoms with E-state index in [0.29, 0.717) is 24.4 Å². The molecular formula is C14H19N5O2. The summed E-state index contributed by atoms with van der Waals surface area (Å²) < 4.78 is 7.14. The Bertz CT molecular complexity index is 661. The van der Waals surface area contributed by atoms with Gasteiger partial charge in [-0.2, -0.15) is 0 Å². The van der Waals surface area contributed by atoms with E-state index in [9.17, 15) is 4.79 Å². The quantitative estimate of drug-likeness (QED) is 0.774. The Labute approximate surface area is 122 Å². The molecule has 1 fully saturated rings. The monoisotopic (exact) mass is 289 g/mol. The third-order valence-corrected chi connectivity index (χ3v) is 3.71. The average molecular weight is 289 g/mol. The zero-order chi connectivity index (χ0) is 14.8. The summed E-state index contributed by atoms with van der Waals surface area (Å²) in [5, 5.41) is 3.44. The van der Waals surface area contributed by atoms with Gasteiger partial charge in [0.1, 0.15) is 11.3 Å². The molecule has 0 aliphatic carbocycles. The first-order valence-electron chi connectivity index (χ1n) is 7.10. The predicted molar refractivity (Wildman–Crippen MR) is 79.0 cm³/mol. The van der Waals surface area contributed by atoms with Crippen molar-refractivity contribution in [3.63, 3.8) is 0 Å². The Kier molecular flexibility index (Phi) is 3.76. The maximum atomic E-state index is 11.0. The van der Waals surface area contributed by atoms with E-state index in [4.69, 9.17) is 16.2 Å². The van der Waals surface area contributed by atoms with Crippen molar-refractivity contribution in [1.82, 2.24) is 14.9 Å². The first kappa shape index (κ1) is 13.8. The molecule has 1 amide bonds. The number of amides is 1. The van der Waals surface area contributed by atoms with Gasteiger partial charge in [-0.05, 0) is 31.5 Å². The van der Waals surface area contributed by atoms with Crippen LogP contribution in [0.3, 0.4) is 0 Å². The summed E-state index contributed by atoms with van der Waals surface area (Å²) in [6.45, 7) is 2.18. The maximum Gasteiger partial charge on any atom is 0.410 e. The standard InChI is InChI=1S/C14H19N5O2/c15-6-8-19-10-4-1-5-11(21-14(16)20)12(10)18-13(19)9-3-2-7-17-9/h1,4-5,9,17H,2-3,6-8,15H2,(H2,16,20). The molecule has 1 aliphatic rings. The number of para-hydroxylation sites is 1. The Morgan fingerprint density at radius 3 is 3.05 bits per heavy atom. The second-order valence-corrected chi connectivity index (χ2v) is 5.10. The second kappa shape index (κ2) is 5.71. The van der Waals surface area contributed by atoms with Gasteiger partial charge in [0.25, 0.3) is 0 Å². The van der Waals surface area contributed by atoms with Gasteiger partial charge < -0.3 is 26.1 Å². The minimum Gasteiger partial charge on any atom is -0.408 e. The molecule has 1 aromatic heterocycles. The number of hydrogen-bond acceptors (Lipinski definition) is 5. The van der Waals surface area contributed by atoms with E-state index >= 15 is 0 Å². The van der Waals surface area contributed by atoms with Gasteiger partial charge in [-0.1, -0.05) is 6.07 Å². The highest BCUT2D eigenvalue weighted by Gasteiger charge is 2.24. The van der Waals surface area contributed by atoms with Crippen molar-refractivity contribution in [2.24, 2.45) is 11.5 Å². The lowest BCUT2D eigenvalue weighted by Crippen LogP contribution is -2.20. The predicted octanol–water partition coefficient (Wildman–Crippen LogP) is 0.877. The first-order valence-corrected chi connectivity index (χ1v) is 7.10. The molecule has 3 rings (SSSR count). The number of primary amides is 1. The van der Waals surface area contributed by atoms with Crippen LogP contribution in [0.1, 0.15) is 24.7 Å². The molecule has 1 saturated heterocycles. The lowest BCUT2D eigenvalue weighted by molar-refractivity contribution is 0.211. The number of rotatable bonds is 4. The van der Waals surface area contributed by atoms with Crippen molar-refractivity contribution >= 4 is 17.1 Å². The third-order valence-electron chi connectivity index (χ3n) is 3.71. The van der Waals surface area contributed by atoms with E-state index in [2.05, 4.69) is 14.9 Å². The number of imidazole rings is 1. The molecule has 1 aromatic carbocycles. The van der Waals surface area contributed by atoms with Crippen LogP contribution in [0.5, 0.6) is 5.75 Å². The molecule has 0 radical (unpaired) electrons. The van der Waals surface area contributed by atoms with Gasteiger partial charge in [-0.3, -0.25) is 0 Å². The fraction of sp³-hybridized carbons (Fsp3) is 0.429. The number of carbonyl (C=O) groups excluding carboxylic acids is 1.